The van der Waals surface area contributed by atoms with Crippen molar-refractivity contribution in [3.63, 3.8) is 0 Å². The normalized spacial score (nSPS) is 25.2. The lowest BCUT2D eigenvalue weighted by Gasteiger charge is -2.23. The first-order valence-corrected chi connectivity index (χ1v) is 4.41. The Morgan fingerprint density at radius 1 is 1.58 bits per heavy atom. The molecule has 1 heterocycles. The maximum absolute atomic E-state index is 11.6. The summed E-state index contributed by atoms with van der Waals surface area (Å²) in [6.07, 6.45) is 0. The molecule has 1 fully saturated rings. The summed E-state index contributed by atoms with van der Waals surface area (Å²) in [6.45, 7) is 9.30. The largest absolute Gasteiger partial charge is 0.272 e. The van der Waals surface area contributed by atoms with Crippen LogP contribution in [-0.4, -0.2) is 24.1 Å². The molecule has 0 spiro atoms. The van der Waals surface area contributed by atoms with Crippen LogP contribution in [0.4, 0.5) is 0 Å². The first-order valence-electron chi connectivity index (χ1n) is 4.41. The Hall–Kier alpha value is -0.570. The molecule has 70 valence electrons. The molecular formula is C9H17NO2. The van der Waals surface area contributed by atoms with Crippen molar-refractivity contribution < 1.29 is 9.63 Å². The molecule has 1 aliphatic rings. The lowest BCUT2D eigenvalue weighted by Crippen LogP contribution is -2.32. The van der Waals surface area contributed by atoms with Crippen molar-refractivity contribution in [2.75, 3.05) is 13.2 Å². The van der Waals surface area contributed by atoms with Gasteiger partial charge in [-0.15, -0.1) is 0 Å². The summed E-state index contributed by atoms with van der Waals surface area (Å²) in [5.41, 5.74) is 0.0149. The number of carbonyl (C=O) groups excluding carboxylic acids is 1. The summed E-state index contributed by atoms with van der Waals surface area (Å²) in [4.78, 5) is 16.8. The number of nitrogens with zero attached hydrogens (tertiary/aromatic N) is 1. The van der Waals surface area contributed by atoms with Crippen molar-refractivity contribution in [1.29, 1.82) is 0 Å². The van der Waals surface area contributed by atoms with Crippen LogP contribution in [0, 0.1) is 11.3 Å². The van der Waals surface area contributed by atoms with Gasteiger partial charge in [0.05, 0.1) is 12.5 Å². The Bertz CT molecular complexity index is 183. The molecule has 1 unspecified atom stereocenters. The number of carbonyl (C=O) groups is 1. The highest BCUT2D eigenvalue weighted by Crippen LogP contribution is 2.31. The van der Waals surface area contributed by atoms with Gasteiger partial charge < -0.3 is 0 Å². The van der Waals surface area contributed by atoms with E-state index in [4.69, 9.17) is 4.84 Å². The van der Waals surface area contributed by atoms with Gasteiger partial charge >= 0.3 is 0 Å². The molecule has 0 aromatic rings. The van der Waals surface area contributed by atoms with Gasteiger partial charge in [0.15, 0.2) is 0 Å². The predicted molar refractivity (Wildman–Crippen MR) is 46.3 cm³/mol. The minimum Gasteiger partial charge on any atom is -0.272 e. The van der Waals surface area contributed by atoms with Gasteiger partial charge in [-0.3, -0.25) is 9.63 Å². The highest BCUT2D eigenvalue weighted by Gasteiger charge is 2.40. The quantitative estimate of drug-likeness (QED) is 0.597. The standard InChI is InChI=1S/C9H17NO2/c1-5-10-8(11)7(6-12-10)9(2,3)4/h7H,5-6H2,1-4H3. The molecule has 3 nitrogen and oxygen atoms in total. The maximum Gasteiger partial charge on any atom is 0.252 e. The zero-order valence-electron chi connectivity index (χ0n) is 8.26. The van der Waals surface area contributed by atoms with Crippen LogP contribution in [0.25, 0.3) is 0 Å². The Labute approximate surface area is 73.6 Å². The third-order valence-electron chi connectivity index (χ3n) is 2.27. The molecule has 0 N–H and O–H groups in total. The first kappa shape index (κ1) is 9.52. The van der Waals surface area contributed by atoms with Crippen LogP contribution in [0.2, 0.25) is 0 Å². The summed E-state index contributed by atoms with van der Waals surface area (Å²) in [5.74, 6) is 0.155. The second kappa shape index (κ2) is 3.05. The molecule has 3 heteroatoms. The third kappa shape index (κ3) is 1.61. The lowest BCUT2D eigenvalue weighted by atomic mass is 9.81. The van der Waals surface area contributed by atoms with Crippen molar-refractivity contribution in [2.24, 2.45) is 11.3 Å². The van der Waals surface area contributed by atoms with E-state index in [1.165, 1.54) is 5.06 Å². The van der Waals surface area contributed by atoms with Gasteiger partial charge in [0.25, 0.3) is 5.91 Å². The third-order valence-corrected chi connectivity index (χ3v) is 2.27. The number of hydroxylamine groups is 2. The summed E-state index contributed by atoms with van der Waals surface area (Å²) in [5, 5.41) is 1.45. The van der Waals surface area contributed by atoms with Crippen molar-refractivity contribution in [2.45, 2.75) is 27.7 Å². The Morgan fingerprint density at radius 2 is 2.17 bits per heavy atom. The Kier molecular flexibility index (Phi) is 2.42. The molecular weight excluding hydrogens is 154 g/mol. The summed E-state index contributed by atoms with van der Waals surface area (Å²) >= 11 is 0. The van der Waals surface area contributed by atoms with E-state index in [1.807, 2.05) is 6.92 Å². The fourth-order valence-corrected chi connectivity index (χ4v) is 1.34. The van der Waals surface area contributed by atoms with E-state index < -0.39 is 0 Å². The summed E-state index contributed by atoms with van der Waals surface area (Å²) in [7, 11) is 0. The molecule has 12 heavy (non-hydrogen) atoms. The SMILES string of the molecule is CCN1OCC(C(C)(C)C)C1=O. The Morgan fingerprint density at radius 3 is 2.42 bits per heavy atom. The van der Waals surface area contributed by atoms with Crippen molar-refractivity contribution in [1.82, 2.24) is 5.06 Å². The molecule has 1 aliphatic heterocycles. The molecule has 1 atom stereocenters. The van der Waals surface area contributed by atoms with Gasteiger partial charge in [0.1, 0.15) is 0 Å². The minimum absolute atomic E-state index is 0.0149. The van der Waals surface area contributed by atoms with Crippen molar-refractivity contribution >= 4 is 5.91 Å². The van der Waals surface area contributed by atoms with E-state index in [-0.39, 0.29) is 17.2 Å². The van der Waals surface area contributed by atoms with Crippen LogP contribution in [0.5, 0.6) is 0 Å². The highest BCUT2D eigenvalue weighted by atomic mass is 16.7. The van der Waals surface area contributed by atoms with Gasteiger partial charge in [-0.05, 0) is 12.3 Å². The van der Waals surface area contributed by atoms with Gasteiger partial charge in [-0.1, -0.05) is 20.8 Å². The van der Waals surface area contributed by atoms with Crippen LogP contribution in [0.3, 0.4) is 0 Å². The van der Waals surface area contributed by atoms with E-state index in [0.29, 0.717) is 13.2 Å². The minimum atomic E-state index is 0.0149. The molecule has 0 saturated carbocycles. The average Bonchev–Trinajstić information content (AvgIpc) is 2.29. The molecule has 1 saturated heterocycles. The van der Waals surface area contributed by atoms with E-state index in [0.717, 1.165) is 0 Å². The van der Waals surface area contributed by atoms with Crippen LogP contribution in [-0.2, 0) is 9.63 Å². The molecule has 0 aromatic carbocycles. The van der Waals surface area contributed by atoms with E-state index in [9.17, 15) is 4.79 Å². The second-order valence-electron chi connectivity index (χ2n) is 4.25. The first-order chi connectivity index (χ1) is 5.46. The number of amides is 1. The van der Waals surface area contributed by atoms with Gasteiger partial charge in [-0.2, -0.15) is 0 Å². The molecule has 0 aliphatic carbocycles. The van der Waals surface area contributed by atoms with Crippen LogP contribution < -0.4 is 0 Å². The average molecular weight is 171 g/mol. The van der Waals surface area contributed by atoms with Gasteiger partial charge in [-0.25, -0.2) is 5.06 Å². The fraction of sp³-hybridized carbons (Fsp3) is 0.889. The Balaban J connectivity index is 2.67. The second-order valence-corrected chi connectivity index (χ2v) is 4.25. The summed E-state index contributed by atoms with van der Waals surface area (Å²) < 4.78 is 0. The topological polar surface area (TPSA) is 29.5 Å². The lowest BCUT2D eigenvalue weighted by molar-refractivity contribution is -0.160. The zero-order chi connectivity index (χ0) is 9.35. The predicted octanol–water partition coefficient (Wildman–Crippen LogP) is 1.44. The summed E-state index contributed by atoms with van der Waals surface area (Å²) in [6, 6.07) is 0. The smallest absolute Gasteiger partial charge is 0.252 e. The zero-order valence-corrected chi connectivity index (χ0v) is 8.26. The highest BCUT2D eigenvalue weighted by molar-refractivity contribution is 5.80. The molecule has 0 bridgehead atoms. The number of rotatable bonds is 1. The van der Waals surface area contributed by atoms with Crippen LogP contribution >= 0.6 is 0 Å². The molecule has 1 rings (SSSR count). The van der Waals surface area contributed by atoms with Crippen LogP contribution in [0.1, 0.15) is 27.7 Å². The van der Waals surface area contributed by atoms with E-state index in [2.05, 4.69) is 20.8 Å². The van der Waals surface area contributed by atoms with Crippen molar-refractivity contribution in [3.8, 4) is 0 Å². The van der Waals surface area contributed by atoms with Gasteiger partial charge in [0.2, 0.25) is 0 Å². The monoisotopic (exact) mass is 171 g/mol. The number of hydrogen-bond acceptors (Lipinski definition) is 2. The molecule has 0 radical (unpaired) electrons. The fourth-order valence-electron chi connectivity index (χ4n) is 1.34. The van der Waals surface area contributed by atoms with Gasteiger partial charge in [0, 0.05) is 6.54 Å². The number of hydrogen-bond donors (Lipinski definition) is 0. The maximum atomic E-state index is 11.6. The molecule has 0 aromatic heterocycles. The van der Waals surface area contributed by atoms with Crippen LogP contribution in [0.15, 0.2) is 0 Å². The van der Waals surface area contributed by atoms with E-state index in [1.54, 1.807) is 0 Å². The van der Waals surface area contributed by atoms with E-state index >= 15 is 0 Å². The molecule has 1 amide bonds. The van der Waals surface area contributed by atoms with Crippen molar-refractivity contribution in [3.05, 3.63) is 0 Å².